The van der Waals surface area contributed by atoms with Gasteiger partial charge in [0, 0.05) is 30.9 Å². The summed E-state index contributed by atoms with van der Waals surface area (Å²) in [5, 5.41) is 13.6. The molecule has 2 aliphatic heterocycles. The van der Waals surface area contributed by atoms with Crippen LogP contribution in [0.25, 0.3) is 5.70 Å². The Balaban J connectivity index is 1.30. The molecule has 1 unspecified atom stereocenters. The molecule has 2 atom stereocenters. The first-order valence-corrected chi connectivity index (χ1v) is 11.2. The number of amides is 1. The average molecular weight is 449 g/mol. The van der Waals surface area contributed by atoms with Crippen molar-refractivity contribution in [3.05, 3.63) is 60.2 Å². The quantitative estimate of drug-likeness (QED) is 0.739. The van der Waals surface area contributed by atoms with Crippen LogP contribution >= 0.6 is 0 Å². The molecular weight excluding hydrogens is 420 g/mol. The molecule has 1 aromatic carbocycles. The first-order chi connectivity index (χ1) is 15.9. The maximum Gasteiger partial charge on any atom is 0.230 e. The highest BCUT2D eigenvalue weighted by atomic mass is 16.5. The predicted molar refractivity (Wildman–Crippen MR) is 124 cm³/mol. The largest absolute Gasteiger partial charge is 0.370 e. The van der Waals surface area contributed by atoms with Crippen molar-refractivity contribution in [3.63, 3.8) is 0 Å². The molecule has 1 saturated carbocycles. The van der Waals surface area contributed by atoms with Gasteiger partial charge in [0.25, 0.3) is 0 Å². The van der Waals surface area contributed by atoms with Gasteiger partial charge in [0.05, 0.1) is 24.5 Å². The second-order valence-electron chi connectivity index (χ2n) is 9.03. The van der Waals surface area contributed by atoms with Crippen molar-refractivity contribution in [3.8, 4) is 0 Å². The van der Waals surface area contributed by atoms with Gasteiger partial charge in [-0.15, -0.1) is 0 Å². The number of guanidine groups is 1. The van der Waals surface area contributed by atoms with Crippen LogP contribution in [0.5, 0.6) is 0 Å². The predicted octanol–water partition coefficient (Wildman–Crippen LogP) is 2.25. The fourth-order valence-corrected chi connectivity index (χ4v) is 3.98. The number of aliphatic hydroxyl groups is 1. The van der Waals surface area contributed by atoms with Crippen molar-refractivity contribution < 1.29 is 14.6 Å². The van der Waals surface area contributed by atoms with E-state index in [0.29, 0.717) is 37.0 Å². The molecule has 3 aliphatic rings. The normalized spacial score (nSPS) is 24.1. The topological polar surface area (TPSA) is 103 Å². The Morgan fingerprint density at radius 1 is 1.24 bits per heavy atom. The highest BCUT2D eigenvalue weighted by Crippen LogP contribution is 2.45. The van der Waals surface area contributed by atoms with E-state index in [0.717, 1.165) is 24.1 Å². The van der Waals surface area contributed by atoms with Gasteiger partial charge in [-0.05, 0) is 42.7 Å². The number of rotatable bonds is 4. The number of benzene rings is 1. The number of hydrogen-bond donors (Lipinski definition) is 2. The van der Waals surface area contributed by atoms with E-state index in [4.69, 9.17) is 9.73 Å². The molecule has 2 fully saturated rings. The van der Waals surface area contributed by atoms with Crippen molar-refractivity contribution >= 4 is 23.3 Å². The number of carbonyl (C=O) groups is 1. The summed E-state index contributed by atoms with van der Waals surface area (Å²) in [5.74, 6) is 0.758. The van der Waals surface area contributed by atoms with E-state index >= 15 is 0 Å². The van der Waals surface area contributed by atoms with Crippen LogP contribution in [0.15, 0.2) is 53.9 Å². The zero-order chi connectivity index (χ0) is 23.0. The molecular formula is C24H28N6O3. The molecule has 0 bridgehead atoms. The smallest absolute Gasteiger partial charge is 0.230 e. The van der Waals surface area contributed by atoms with Crippen molar-refractivity contribution in [1.82, 2.24) is 19.8 Å². The van der Waals surface area contributed by atoms with Crippen molar-refractivity contribution in [2.75, 3.05) is 32.1 Å². The fourth-order valence-electron chi connectivity index (χ4n) is 3.98. The van der Waals surface area contributed by atoms with E-state index in [1.165, 1.54) is 6.33 Å². The summed E-state index contributed by atoms with van der Waals surface area (Å²) in [6, 6.07) is 9.60. The summed E-state index contributed by atoms with van der Waals surface area (Å²) in [5.41, 5.74) is 2.90. The minimum absolute atomic E-state index is 0.0831. The number of ether oxygens (including phenoxy) is 1. The summed E-state index contributed by atoms with van der Waals surface area (Å²) >= 11 is 0. The summed E-state index contributed by atoms with van der Waals surface area (Å²) in [7, 11) is 1.82. The van der Waals surface area contributed by atoms with Gasteiger partial charge in [0.2, 0.25) is 11.9 Å². The molecule has 0 spiro atoms. The average Bonchev–Trinajstić information content (AvgIpc) is 3.60. The van der Waals surface area contributed by atoms with Crippen LogP contribution in [0.2, 0.25) is 0 Å². The van der Waals surface area contributed by atoms with Gasteiger partial charge in [0.15, 0.2) is 6.23 Å². The summed E-state index contributed by atoms with van der Waals surface area (Å²) < 4.78 is 6.04. The minimum Gasteiger partial charge on any atom is -0.370 e. The number of aliphatic hydroxyl groups excluding tert-OH is 1. The molecule has 3 heterocycles. The lowest BCUT2D eigenvalue weighted by molar-refractivity contribution is -0.120. The van der Waals surface area contributed by atoms with Crippen LogP contribution in [0.4, 0.5) is 5.69 Å². The standard InChI is InChI=1S/C24H28N6O3/c1-24(8-9-24)22(32)27-17-5-3-16(4-6-17)20-14-30(11-12-33-20)23-28-19(13-21(31)29(23)2)18-7-10-25-15-26-18/h3-7,10,13,15,20-21,31H,8-9,11-12,14H2,1-2H3,(H,27,32)/t20-,21?/m1/s1. The summed E-state index contributed by atoms with van der Waals surface area (Å²) in [4.78, 5) is 29.2. The van der Waals surface area contributed by atoms with E-state index in [1.54, 1.807) is 23.2 Å². The molecule has 2 N–H and O–H groups in total. The molecule has 1 aliphatic carbocycles. The van der Waals surface area contributed by atoms with Crippen LogP contribution in [-0.2, 0) is 9.53 Å². The fraction of sp³-hybridized carbons (Fsp3) is 0.417. The number of carbonyl (C=O) groups excluding carboxylic acids is 1. The van der Waals surface area contributed by atoms with Gasteiger partial charge < -0.3 is 25.0 Å². The molecule has 2 aromatic rings. The number of nitrogens with one attached hydrogen (secondary N) is 1. The van der Waals surface area contributed by atoms with Gasteiger partial charge in [-0.25, -0.2) is 15.0 Å². The highest BCUT2D eigenvalue weighted by molar-refractivity contribution is 5.96. The van der Waals surface area contributed by atoms with Gasteiger partial charge in [-0.3, -0.25) is 4.79 Å². The third-order valence-electron chi connectivity index (χ3n) is 6.52. The molecule has 9 nitrogen and oxygen atoms in total. The van der Waals surface area contributed by atoms with Gasteiger partial charge >= 0.3 is 0 Å². The van der Waals surface area contributed by atoms with Crippen LogP contribution in [-0.4, -0.2) is 69.7 Å². The molecule has 1 amide bonds. The lowest BCUT2D eigenvalue weighted by atomic mass is 10.1. The Kier molecular flexibility index (Phi) is 5.59. The number of aliphatic imine (C=N–C) groups is 1. The maximum absolute atomic E-state index is 12.3. The first-order valence-electron chi connectivity index (χ1n) is 11.2. The number of hydrogen-bond acceptors (Lipinski definition) is 8. The summed E-state index contributed by atoms with van der Waals surface area (Å²) in [6.45, 7) is 3.79. The second kappa shape index (κ2) is 8.57. The third kappa shape index (κ3) is 4.46. The van der Waals surface area contributed by atoms with E-state index in [-0.39, 0.29) is 17.4 Å². The molecule has 0 radical (unpaired) electrons. The van der Waals surface area contributed by atoms with Gasteiger partial charge in [-0.2, -0.15) is 0 Å². The highest BCUT2D eigenvalue weighted by Gasteiger charge is 2.44. The summed E-state index contributed by atoms with van der Waals surface area (Å²) in [6.07, 6.45) is 5.75. The molecule has 1 aromatic heterocycles. The Morgan fingerprint density at radius 2 is 2.03 bits per heavy atom. The van der Waals surface area contributed by atoms with Crippen LogP contribution in [0.3, 0.4) is 0 Å². The minimum atomic E-state index is -0.806. The van der Waals surface area contributed by atoms with Crippen LogP contribution < -0.4 is 5.32 Å². The maximum atomic E-state index is 12.3. The number of aromatic nitrogens is 2. The third-order valence-corrected chi connectivity index (χ3v) is 6.52. The lowest BCUT2D eigenvalue weighted by Crippen LogP contribution is -2.52. The zero-order valence-corrected chi connectivity index (χ0v) is 18.8. The Bertz CT molecular complexity index is 1080. The molecule has 1 saturated heterocycles. The van der Waals surface area contributed by atoms with Crippen LogP contribution in [0, 0.1) is 5.41 Å². The van der Waals surface area contributed by atoms with E-state index < -0.39 is 6.23 Å². The Hall–Kier alpha value is -3.30. The number of likely N-dealkylation sites (N-methyl/N-ethyl adjacent to an activating group) is 1. The van der Waals surface area contributed by atoms with Crippen molar-refractivity contribution in [1.29, 1.82) is 0 Å². The number of anilines is 1. The van der Waals surface area contributed by atoms with E-state index in [2.05, 4.69) is 20.2 Å². The molecule has 5 rings (SSSR count). The molecule has 172 valence electrons. The second-order valence-corrected chi connectivity index (χ2v) is 9.03. The van der Waals surface area contributed by atoms with Gasteiger partial charge in [0.1, 0.15) is 12.4 Å². The van der Waals surface area contributed by atoms with E-state index in [9.17, 15) is 9.90 Å². The monoisotopic (exact) mass is 448 g/mol. The lowest BCUT2D eigenvalue weighted by Gasteiger charge is -2.40. The van der Waals surface area contributed by atoms with Crippen molar-refractivity contribution in [2.45, 2.75) is 32.1 Å². The SMILES string of the molecule is CN1C(N2CCO[C@@H](c3ccc(NC(=O)C4(C)CC4)cc3)C2)=NC(c2ccncn2)=CC1O. The van der Waals surface area contributed by atoms with Crippen molar-refractivity contribution in [2.24, 2.45) is 10.4 Å². The first kappa shape index (κ1) is 21.5. The Labute approximate surface area is 192 Å². The molecule has 9 heteroatoms. The van der Waals surface area contributed by atoms with E-state index in [1.807, 2.05) is 38.2 Å². The molecule has 33 heavy (non-hydrogen) atoms. The number of morpholine rings is 1. The number of nitrogens with zero attached hydrogens (tertiary/aromatic N) is 5. The Morgan fingerprint density at radius 3 is 2.73 bits per heavy atom. The zero-order valence-electron chi connectivity index (χ0n) is 18.8. The van der Waals surface area contributed by atoms with Gasteiger partial charge in [-0.1, -0.05) is 19.1 Å². The van der Waals surface area contributed by atoms with Crippen LogP contribution in [0.1, 0.15) is 37.1 Å².